The number of rotatable bonds is 6. The molecule has 1 aromatic heterocycles. The molecular weight excluding hydrogens is 300 g/mol. The second kappa shape index (κ2) is 7.61. The van der Waals surface area contributed by atoms with Crippen molar-refractivity contribution in [1.82, 2.24) is 10.3 Å². The van der Waals surface area contributed by atoms with Crippen molar-refractivity contribution in [3.05, 3.63) is 45.9 Å². The molecule has 0 aliphatic rings. The molecule has 1 heterocycles. The molecule has 1 amide bonds. The van der Waals surface area contributed by atoms with Crippen molar-refractivity contribution in [3.63, 3.8) is 0 Å². The van der Waals surface area contributed by atoms with E-state index in [2.05, 4.69) is 29.5 Å². The van der Waals surface area contributed by atoms with Gasteiger partial charge in [-0.2, -0.15) is 0 Å². The lowest BCUT2D eigenvalue weighted by atomic mass is 10.2. The normalized spacial score (nSPS) is 10.9. The van der Waals surface area contributed by atoms with Gasteiger partial charge in [0.05, 0.1) is 10.7 Å². The van der Waals surface area contributed by atoms with Gasteiger partial charge in [-0.1, -0.05) is 13.8 Å². The molecule has 3 nitrogen and oxygen atoms in total. The largest absolute Gasteiger partial charge is 0.352 e. The Balaban J connectivity index is 1.88. The fraction of sp³-hybridized carbons (Fsp3) is 0.375. The van der Waals surface area contributed by atoms with Gasteiger partial charge in [-0.25, -0.2) is 4.98 Å². The molecule has 0 spiro atoms. The first kappa shape index (κ1) is 16.0. The van der Waals surface area contributed by atoms with Crippen LogP contribution in [0.2, 0.25) is 0 Å². The van der Waals surface area contributed by atoms with Crippen LogP contribution in [0, 0.1) is 12.8 Å². The molecule has 0 atom stereocenters. The Hall–Kier alpha value is -1.33. The van der Waals surface area contributed by atoms with E-state index in [1.54, 1.807) is 23.1 Å². The van der Waals surface area contributed by atoms with Gasteiger partial charge >= 0.3 is 0 Å². The van der Waals surface area contributed by atoms with Gasteiger partial charge in [-0.15, -0.1) is 23.1 Å². The number of nitrogens with one attached hydrogen (secondary N) is 1. The molecule has 0 radical (unpaired) electrons. The van der Waals surface area contributed by atoms with E-state index in [0.29, 0.717) is 18.0 Å². The Morgan fingerprint density at radius 2 is 2.05 bits per heavy atom. The monoisotopic (exact) mass is 320 g/mol. The lowest BCUT2D eigenvalue weighted by Crippen LogP contribution is -2.27. The summed E-state index contributed by atoms with van der Waals surface area (Å²) < 4.78 is 0. The van der Waals surface area contributed by atoms with Crippen LogP contribution in [0.5, 0.6) is 0 Å². The molecule has 0 unspecified atom stereocenters. The smallest absolute Gasteiger partial charge is 0.251 e. The van der Waals surface area contributed by atoms with E-state index in [1.807, 2.05) is 31.2 Å². The van der Waals surface area contributed by atoms with E-state index >= 15 is 0 Å². The maximum atomic E-state index is 11.9. The van der Waals surface area contributed by atoms with Crippen LogP contribution in [0.3, 0.4) is 0 Å². The summed E-state index contributed by atoms with van der Waals surface area (Å²) in [5, 5.41) is 6.12. The van der Waals surface area contributed by atoms with E-state index in [1.165, 1.54) is 0 Å². The van der Waals surface area contributed by atoms with E-state index < -0.39 is 0 Å². The summed E-state index contributed by atoms with van der Waals surface area (Å²) in [7, 11) is 0. The molecule has 0 aliphatic carbocycles. The highest BCUT2D eigenvalue weighted by Gasteiger charge is 2.06. The molecule has 1 N–H and O–H groups in total. The number of aromatic nitrogens is 1. The Labute approximate surface area is 134 Å². The van der Waals surface area contributed by atoms with Crippen LogP contribution in [-0.4, -0.2) is 17.4 Å². The van der Waals surface area contributed by atoms with Crippen molar-refractivity contribution in [2.24, 2.45) is 5.92 Å². The number of benzene rings is 1. The minimum absolute atomic E-state index is 0.00428. The van der Waals surface area contributed by atoms with E-state index in [4.69, 9.17) is 0 Å². The lowest BCUT2D eigenvalue weighted by Gasteiger charge is -2.08. The highest BCUT2D eigenvalue weighted by molar-refractivity contribution is 7.98. The first-order valence-corrected chi connectivity index (χ1v) is 8.83. The van der Waals surface area contributed by atoms with Crippen LogP contribution in [0.4, 0.5) is 0 Å². The van der Waals surface area contributed by atoms with Gasteiger partial charge in [0.2, 0.25) is 0 Å². The highest BCUT2D eigenvalue weighted by Crippen LogP contribution is 2.23. The van der Waals surface area contributed by atoms with Crippen LogP contribution in [0.1, 0.15) is 34.9 Å². The number of thioether (sulfide) groups is 1. The fourth-order valence-electron chi connectivity index (χ4n) is 1.73. The molecule has 0 aliphatic heterocycles. The first-order valence-electron chi connectivity index (χ1n) is 6.96. The first-order chi connectivity index (χ1) is 10.0. The molecule has 5 heteroatoms. The molecule has 1 aromatic carbocycles. The summed E-state index contributed by atoms with van der Waals surface area (Å²) in [5.74, 6) is 1.32. The maximum Gasteiger partial charge on any atom is 0.251 e. The molecule has 112 valence electrons. The van der Waals surface area contributed by atoms with Gasteiger partial charge in [0.15, 0.2) is 0 Å². The van der Waals surface area contributed by atoms with Crippen molar-refractivity contribution < 1.29 is 4.79 Å². The average molecular weight is 320 g/mol. The summed E-state index contributed by atoms with van der Waals surface area (Å²) >= 11 is 3.41. The van der Waals surface area contributed by atoms with Gasteiger partial charge in [0.25, 0.3) is 5.91 Å². The van der Waals surface area contributed by atoms with Crippen molar-refractivity contribution in [1.29, 1.82) is 0 Å². The Morgan fingerprint density at radius 3 is 2.62 bits per heavy atom. The summed E-state index contributed by atoms with van der Waals surface area (Å²) in [6, 6.07) is 7.75. The number of carbonyl (C=O) groups is 1. The third-order valence-corrected chi connectivity index (χ3v) is 4.71. The number of carbonyl (C=O) groups excluding carboxylic acids is 1. The van der Waals surface area contributed by atoms with E-state index in [0.717, 1.165) is 21.3 Å². The van der Waals surface area contributed by atoms with Crippen molar-refractivity contribution in [2.75, 3.05) is 6.54 Å². The van der Waals surface area contributed by atoms with Crippen molar-refractivity contribution >= 4 is 29.0 Å². The molecule has 0 fully saturated rings. The zero-order valence-electron chi connectivity index (χ0n) is 12.6. The number of aryl methyl sites for hydroxylation is 1. The van der Waals surface area contributed by atoms with Crippen LogP contribution >= 0.6 is 23.1 Å². The fourth-order valence-corrected chi connectivity index (χ4v) is 3.24. The SMILES string of the molecule is Cc1nc(CSc2ccc(C(=O)NCC(C)C)cc2)cs1. The number of thiazole rings is 1. The third-order valence-electron chi connectivity index (χ3n) is 2.84. The van der Waals surface area contributed by atoms with E-state index in [9.17, 15) is 4.79 Å². The third kappa shape index (κ3) is 5.17. The molecular formula is C16H20N2OS2. The van der Waals surface area contributed by atoms with Gasteiger partial charge < -0.3 is 5.32 Å². The maximum absolute atomic E-state index is 11.9. The zero-order chi connectivity index (χ0) is 15.2. The summed E-state index contributed by atoms with van der Waals surface area (Å²) in [6.45, 7) is 6.89. The minimum atomic E-state index is -0.00428. The van der Waals surface area contributed by atoms with Crippen LogP contribution in [0.25, 0.3) is 0 Å². The summed E-state index contributed by atoms with van der Waals surface area (Å²) in [4.78, 5) is 17.5. The number of hydrogen-bond donors (Lipinski definition) is 1. The van der Waals surface area contributed by atoms with Gasteiger partial charge in [-0.3, -0.25) is 4.79 Å². The Bertz CT molecular complexity index is 591. The summed E-state index contributed by atoms with van der Waals surface area (Å²) in [5.41, 5.74) is 1.82. The lowest BCUT2D eigenvalue weighted by molar-refractivity contribution is 0.0949. The standard InChI is InChI=1S/C16H20N2OS2/c1-11(2)8-17-16(19)13-4-6-15(7-5-13)21-10-14-9-20-12(3)18-14/h4-7,9,11H,8,10H2,1-3H3,(H,17,19). The van der Waals surface area contributed by atoms with Crippen LogP contribution in [-0.2, 0) is 5.75 Å². The molecule has 0 bridgehead atoms. The van der Waals surface area contributed by atoms with Crippen molar-refractivity contribution in [3.8, 4) is 0 Å². The van der Waals surface area contributed by atoms with Crippen LogP contribution in [0.15, 0.2) is 34.5 Å². The van der Waals surface area contributed by atoms with Crippen molar-refractivity contribution in [2.45, 2.75) is 31.4 Å². The minimum Gasteiger partial charge on any atom is -0.352 e. The predicted octanol–water partition coefficient (Wildman–Crippen LogP) is 4.13. The molecule has 0 saturated carbocycles. The molecule has 2 rings (SSSR count). The summed E-state index contributed by atoms with van der Waals surface area (Å²) in [6.07, 6.45) is 0. The van der Waals surface area contributed by atoms with Gasteiger partial charge in [-0.05, 0) is 37.1 Å². The average Bonchev–Trinajstić information content (AvgIpc) is 2.89. The Morgan fingerprint density at radius 1 is 1.33 bits per heavy atom. The molecule has 2 aromatic rings. The van der Waals surface area contributed by atoms with Crippen LogP contribution < -0.4 is 5.32 Å². The predicted molar refractivity (Wildman–Crippen MR) is 90.0 cm³/mol. The second-order valence-corrected chi connectivity index (χ2v) is 7.39. The van der Waals surface area contributed by atoms with E-state index in [-0.39, 0.29) is 5.91 Å². The quantitative estimate of drug-likeness (QED) is 0.814. The highest BCUT2D eigenvalue weighted by atomic mass is 32.2. The number of amides is 1. The van der Waals surface area contributed by atoms with Gasteiger partial charge in [0, 0.05) is 28.1 Å². The zero-order valence-corrected chi connectivity index (χ0v) is 14.2. The second-order valence-electron chi connectivity index (χ2n) is 5.27. The topological polar surface area (TPSA) is 42.0 Å². The molecule has 21 heavy (non-hydrogen) atoms. The molecule has 0 saturated heterocycles. The number of hydrogen-bond acceptors (Lipinski definition) is 4. The van der Waals surface area contributed by atoms with Gasteiger partial charge in [0.1, 0.15) is 0 Å². The number of nitrogens with zero attached hydrogens (tertiary/aromatic N) is 1. The Kier molecular flexibility index (Phi) is 5.82.